The van der Waals surface area contributed by atoms with Gasteiger partial charge in [0, 0.05) is 0 Å². The highest BCUT2D eigenvalue weighted by Crippen LogP contribution is 2.28. The molecule has 3 rings (SSSR count). The number of fused-ring (bicyclic) bond motifs is 1. The third-order valence-corrected chi connectivity index (χ3v) is 3.40. The first-order valence-corrected chi connectivity index (χ1v) is 6.62. The second kappa shape index (κ2) is 6.75. The Bertz CT molecular complexity index is 573. The number of phenols is 1. The van der Waals surface area contributed by atoms with Gasteiger partial charge in [0.05, 0.1) is 7.11 Å². The van der Waals surface area contributed by atoms with Crippen LogP contribution in [0.1, 0.15) is 17.5 Å². The van der Waals surface area contributed by atoms with Gasteiger partial charge in [-0.05, 0) is 53.6 Å². The van der Waals surface area contributed by atoms with Gasteiger partial charge in [0.15, 0.2) is 0 Å². The summed E-state index contributed by atoms with van der Waals surface area (Å²) in [6.45, 7) is 0.375. The van der Waals surface area contributed by atoms with E-state index in [-0.39, 0.29) is 0 Å². The molecule has 0 saturated carbocycles. The van der Waals surface area contributed by atoms with Crippen molar-refractivity contribution in [1.82, 2.24) is 0 Å². The second-order valence-electron chi connectivity index (χ2n) is 4.72. The minimum absolute atomic E-state index is 0.324. The van der Waals surface area contributed by atoms with Gasteiger partial charge in [-0.25, -0.2) is 0 Å². The van der Waals surface area contributed by atoms with Crippen LogP contribution in [0, 0.1) is 0 Å². The summed E-state index contributed by atoms with van der Waals surface area (Å²) in [5, 5.41) is 9.26. The molecule has 2 aromatic rings. The highest BCUT2D eigenvalue weighted by molar-refractivity contribution is 5.66. The Labute approximate surface area is 118 Å². The van der Waals surface area contributed by atoms with Crippen molar-refractivity contribution in [3.05, 3.63) is 53.6 Å². The first-order chi connectivity index (χ1) is 9.74. The van der Waals surface area contributed by atoms with Crippen molar-refractivity contribution >= 4 is 6.47 Å². The van der Waals surface area contributed by atoms with E-state index in [2.05, 4.69) is 22.9 Å². The van der Waals surface area contributed by atoms with Crippen molar-refractivity contribution in [2.45, 2.75) is 19.3 Å². The first kappa shape index (κ1) is 14.1. The SMILES string of the molecule is COC=O.Oc1ccc(-c2ccc3c(c2)CCC3)cc1. The Morgan fingerprint density at radius 3 is 2.25 bits per heavy atom. The van der Waals surface area contributed by atoms with E-state index in [1.54, 1.807) is 12.1 Å². The molecule has 0 radical (unpaired) electrons. The maximum Gasteiger partial charge on any atom is 0.292 e. The molecule has 2 aromatic carbocycles. The normalized spacial score (nSPS) is 12.1. The minimum Gasteiger partial charge on any atom is -0.508 e. The van der Waals surface area contributed by atoms with Crippen molar-refractivity contribution in [2.24, 2.45) is 0 Å². The summed E-state index contributed by atoms with van der Waals surface area (Å²) in [6, 6.07) is 14.1. The fourth-order valence-electron chi connectivity index (χ4n) is 2.41. The molecule has 0 bridgehead atoms. The number of phenolic OH excluding ortho intramolecular Hbond substituents is 1. The van der Waals surface area contributed by atoms with Gasteiger partial charge in [0.2, 0.25) is 0 Å². The number of rotatable bonds is 2. The van der Waals surface area contributed by atoms with Crippen LogP contribution < -0.4 is 0 Å². The Morgan fingerprint density at radius 2 is 1.60 bits per heavy atom. The zero-order chi connectivity index (χ0) is 14.4. The van der Waals surface area contributed by atoms with Gasteiger partial charge in [0.1, 0.15) is 5.75 Å². The lowest BCUT2D eigenvalue weighted by atomic mass is 10.0. The van der Waals surface area contributed by atoms with E-state index in [9.17, 15) is 5.11 Å². The number of methoxy groups -OCH3 is 1. The van der Waals surface area contributed by atoms with Crippen LogP contribution in [0.25, 0.3) is 11.1 Å². The van der Waals surface area contributed by atoms with Crippen LogP contribution in [0.2, 0.25) is 0 Å². The highest BCUT2D eigenvalue weighted by Gasteiger charge is 2.11. The largest absolute Gasteiger partial charge is 0.508 e. The molecule has 1 aliphatic carbocycles. The van der Waals surface area contributed by atoms with Crippen LogP contribution in [-0.4, -0.2) is 18.7 Å². The number of carbonyl (C=O) groups excluding carboxylic acids is 1. The van der Waals surface area contributed by atoms with Crippen LogP contribution in [-0.2, 0) is 22.4 Å². The molecular weight excluding hydrogens is 252 g/mol. The Kier molecular flexibility index (Phi) is 4.77. The predicted molar refractivity (Wildman–Crippen MR) is 78.6 cm³/mol. The van der Waals surface area contributed by atoms with Gasteiger partial charge < -0.3 is 9.84 Å². The molecule has 0 unspecified atom stereocenters. The average Bonchev–Trinajstić information content (AvgIpc) is 2.95. The van der Waals surface area contributed by atoms with Gasteiger partial charge in [0.25, 0.3) is 6.47 Å². The van der Waals surface area contributed by atoms with Crippen molar-refractivity contribution in [3.8, 4) is 16.9 Å². The minimum atomic E-state index is 0.324. The molecule has 0 saturated heterocycles. The smallest absolute Gasteiger partial charge is 0.292 e. The van der Waals surface area contributed by atoms with Crippen LogP contribution in [0.15, 0.2) is 42.5 Å². The van der Waals surface area contributed by atoms with Crippen LogP contribution in [0.5, 0.6) is 5.75 Å². The number of benzene rings is 2. The number of ether oxygens (including phenoxy) is 1. The summed E-state index contributed by atoms with van der Waals surface area (Å²) in [5.74, 6) is 0.324. The van der Waals surface area contributed by atoms with Crippen LogP contribution in [0.4, 0.5) is 0 Å². The number of hydrogen-bond donors (Lipinski definition) is 1. The Morgan fingerprint density at radius 1 is 1.00 bits per heavy atom. The fraction of sp³-hybridized carbons (Fsp3) is 0.235. The molecule has 0 aromatic heterocycles. The highest BCUT2D eigenvalue weighted by atomic mass is 16.5. The summed E-state index contributed by atoms with van der Waals surface area (Å²) in [4.78, 5) is 8.95. The Hall–Kier alpha value is -2.29. The first-order valence-electron chi connectivity index (χ1n) is 6.62. The van der Waals surface area contributed by atoms with E-state index in [1.165, 1.54) is 48.6 Å². The molecule has 0 aliphatic heterocycles. The quantitative estimate of drug-likeness (QED) is 0.851. The molecule has 0 amide bonds. The van der Waals surface area contributed by atoms with Gasteiger partial charge >= 0.3 is 0 Å². The number of aryl methyl sites for hydroxylation is 2. The fourth-order valence-corrected chi connectivity index (χ4v) is 2.41. The molecule has 0 heterocycles. The molecule has 0 fully saturated rings. The maximum atomic E-state index is 9.26. The van der Waals surface area contributed by atoms with Crippen molar-refractivity contribution in [2.75, 3.05) is 7.11 Å². The van der Waals surface area contributed by atoms with Gasteiger partial charge in [-0.1, -0.05) is 30.3 Å². The maximum absolute atomic E-state index is 9.26. The third-order valence-electron chi connectivity index (χ3n) is 3.40. The molecule has 104 valence electrons. The monoisotopic (exact) mass is 270 g/mol. The summed E-state index contributed by atoms with van der Waals surface area (Å²) in [6.07, 6.45) is 3.72. The topological polar surface area (TPSA) is 46.5 Å². The van der Waals surface area contributed by atoms with Crippen LogP contribution >= 0.6 is 0 Å². The molecular formula is C17H18O3. The van der Waals surface area contributed by atoms with E-state index in [1.807, 2.05) is 12.1 Å². The molecule has 3 nitrogen and oxygen atoms in total. The van der Waals surface area contributed by atoms with Crippen LogP contribution in [0.3, 0.4) is 0 Å². The van der Waals surface area contributed by atoms with E-state index in [4.69, 9.17) is 4.79 Å². The number of aromatic hydroxyl groups is 1. The van der Waals surface area contributed by atoms with Crippen molar-refractivity contribution in [1.29, 1.82) is 0 Å². The van der Waals surface area contributed by atoms with Crippen molar-refractivity contribution in [3.63, 3.8) is 0 Å². The van der Waals surface area contributed by atoms with E-state index in [0.29, 0.717) is 12.2 Å². The summed E-state index contributed by atoms with van der Waals surface area (Å²) >= 11 is 0. The summed E-state index contributed by atoms with van der Waals surface area (Å²) in [5.41, 5.74) is 5.42. The van der Waals surface area contributed by atoms with Gasteiger partial charge in [-0.2, -0.15) is 0 Å². The van der Waals surface area contributed by atoms with E-state index >= 15 is 0 Å². The number of hydrogen-bond acceptors (Lipinski definition) is 3. The molecule has 1 N–H and O–H groups in total. The second-order valence-corrected chi connectivity index (χ2v) is 4.72. The van der Waals surface area contributed by atoms with Crippen molar-refractivity contribution < 1.29 is 14.6 Å². The van der Waals surface area contributed by atoms with E-state index in [0.717, 1.165) is 0 Å². The Balaban J connectivity index is 0.000000328. The average molecular weight is 270 g/mol. The molecule has 0 spiro atoms. The predicted octanol–water partition coefficient (Wildman–Crippen LogP) is 3.34. The third kappa shape index (κ3) is 3.38. The standard InChI is InChI=1S/C15H14O.C2H4O2/c16-15-8-6-12(7-9-15)14-5-4-11-2-1-3-13(11)10-14;1-4-2-3/h4-10,16H,1-3H2;2H,1H3. The lowest BCUT2D eigenvalue weighted by molar-refractivity contribution is -0.126. The lowest BCUT2D eigenvalue weighted by Gasteiger charge is -2.05. The van der Waals surface area contributed by atoms with Gasteiger partial charge in [-0.15, -0.1) is 0 Å². The van der Waals surface area contributed by atoms with E-state index < -0.39 is 0 Å². The molecule has 0 atom stereocenters. The molecule has 20 heavy (non-hydrogen) atoms. The summed E-state index contributed by atoms with van der Waals surface area (Å²) in [7, 11) is 1.31. The number of carbonyl (C=O) groups is 1. The zero-order valence-corrected chi connectivity index (χ0v) is 11.5. The molecule has 1 aliphatic rings. The summed E-state index contributed by atoms with van der Waals surface area (Å²) < 4.78 is 3.86. The van der Waals surface area contributed by atoms with Gasteiger partial charge in [-0.3, -0.25) is 4.79 Å². The molecule has 3 heteroatoms. The lowest BCUT2D eigenvalue weighted by Crippen LogP contribution is -1.84. The zero-order valence-electron chi connectivity index (χ0n) is 11.5.